The fourth-order valence-electron chi connectivity index (χ4n) is 0.843. The Balaban J connectivity index is 3.01. The molecule has 1 rings (SSSR count). The van der Waals surface area contributed by atoms with E-state index in [1.807, 2.05) is 11.3 Å². The third-order valence-corrected chi connectivity index (χ3v) is 3.83. The van der Waals surface area contributed by atoms with Crippen molar-refractivity contribution in [3.8, 4) is 0 Å². The highest BCUT2D eigenvalue weighted by Gasteiger charge is 2.04. The fraction of sp³-hybridized carbons (Fsp3) is 0.375. The van der Waals surface area contributed by atoms with Gasteiger partial charge >= 0.3 is 0 Å². The number of aryl methyl sites for hydroxylation is 1. The molecule has 1 aromatic rings. The van der Waals surface area contributed by atoms with Crippen molar-refractivity contribution in [2.45, 2.75) is 17.6 Å². The first-order valence-electron chi connectivity index (χ1n) is 3.45. The Kier molecular flexibility index (Phi) is 3.15. The molecule has 0 spiro atoms. The smallest absolute Gasteiger partial charge is 0.0869 e. The minimum absolute atomic E-state index is 1.04. The van der Waals surface area contributed by atoms with Gasteiger partial charge in [0.25, 0.3) is 0 Å². The van der Waals surface area contributed by atoms with E-state index in [1.165, 1.54) is 9.09 Å². The molecule has 0 unspecified atom stereocenters. The summed E-state index contributed by atoms with van der Waals surface area (Å²) in [6.07, 6.45) is 3.16. The Labute approximate surface area is 75.5 Å². The SMILES string of the molecule is C=Nc1cc(CC)sc1SC. The first kappa shape index (κ1) is 8.81. The van der Waals surface area contributed by atoms with Gasteiger partial charge in [-0.2, -0.15) is 0 Å². The number of thiophene rings is 1. The lowest BCUT2D eigenvalue weighted by molar-refractivity contribution is 1.19. The van der Waals surface area contributed by atoms with Crippen molar-refractivity contribution in [1.29, 1.82) is 0 Å². The van der Waals surface area contributed by atoms with E-state index in [2.05, 4.69) is 31.0 Å². The van der Waals surface area contributed by atoms with Crippen LogP contribution in [0.25, 0.3) is 0 Å². The first-order valence-corrected chi connectivity index (χ1v) is 5.49. The van der Waals surface area contributed by atoms with Crippen molar-refractivity contribution >= 4 is 35.5 Å². The van der Waals surface area contributed by atoms with E-state index >= 15 is 0 Å². The van der Waals surface area contributed by atoms with Crippen LogP contribution >= 0.6 is 23.1 Å². The molecule has 1 nitrogen and oxygen atoms in total. The normalized spacial score (nSPS) is 10.0. The van der Waals surface area contributed by atoms with Gasteiger partial charge < -0.3 is 0 Å². The molecule has 0 aliphatic heterocycles. The van der Waals surface area contributed by atoms with Gasteiger partial charge in [-0.1, -0.05) is 6.92 Å². The topological polar surface area (TPSA) is 12.4 Å². The number of nitrogens with zero attached hydrogens (tertiary/aromatic N) is 1. The molecule has 1 aromatic heterocycles. The van der Waals surface area contributed by atoms with Crippen molar-refractivity contribution < 1.29 is 0 Å². The van der Waals surface area contributed by atoms with E-state index in [0.29, 0.717) is 0 Å². The van der Waals surface area contributed by atoms with E-state index in [9.17, 15) is 0 Å². The second-order valence-electron chi connectivity index (χ2n) is 2.10. The van der Waals surface area contributed by atoms with Crippen LogP contribution in [0.15, 0.2) is 15.3 Å². The van der Waals surface area contributed by atoms with Gasteiger partial charge in [0.2, 0.25) is 0 Å². The third kappa shape index (κ3) is 1.84. The van der Waals surface area contributed by atoms with Crippen LogP contribution in [-0.4, -0.2) is 13.0 Å². The molecule has 0 saturated carbocycles. The van der Waals surface area contributed by atoms with Crippen LogP contribution in [0.4, 0.5) is 5.69 Å². The number of hydrogen-bond donors (Lipinski definition) is 0. The van der Waals surface area contributed by atoms with Crippen molar-refractivity contribution in [2.75, 3.05) is 6.26 Å². The standard InChI is InChI=1S/C8H11NS2/c1-4-6-5-7(9-2)8(10-3)11-6/h5H,2,4H2,1,3H3. The van der Waals surface area contributed by atoms with Gasteiger partial charge in [-0.3, -0.25) is 4.99 Å². The first-order chi connectivity index (χ1) is 5.31. The maximum atomic E-state index is 3.95. The van der Waals surface area contributed by atoms with Gasteiger partial charge in [0.15, 0.2) is 0 Å². The van der Waals surface area contributed by atoms with Crippen LogP contribution in [-0.2, 0) is 6.42 Å². The van der Waals surface area contributed by atoms with Gasteiger partial charge in [0.1, 0.15) is 0 Å². The largest absolute Gasteiger partial charge is 0.263 e. The van der Waals surface area contributed by atoms with E-state index in [1.54, 1.807) is 11.8 Å². The molecule has 0 N–H and O–H groups in total. The molecule has 0 radical (unpaired) electrons. The molecule has 0 saturated heterocycles. The number of hydrogen-bond acceptors (Lipinski definition) is 3. The quantitative estimate of drug-likeness (QED) is 0.519. The lowest BCUT2D eigenvalue weighted by atomic mass is 10.4. The van der Waals surface area contributed by atoms with E-state index in [0.717, 1.165) is 12.1 Å². The van der Waals surface area contributed by atoms with Crippen molar-refractivity contribution in [3.05, 3.63) is 10.9 Å². The molecule has 1 heterocycles. The number of aliphatic imine (C=N–C) groups is 1. The van der Waals surface area contributed by atoms with Crippen LogP contribution in [0.2, 0.25) is 0 Å². The summed E-state index contributed by atoms with van der Waals surface area (Å²) in [5.74, 6) is 0. The van der Waals surface area contributed by atoms with Crippen LogP contribution in [0.1, 0.15) is 11.8 Å². The van der Waals surface area contributed by atoms with Crippen molar-refractivity contribution in [2.24, 2.45) is 4.99 Å². The summed E-state index contributed by atoms with van der Waals surface area (Å²) in [5, 5.41) is 0. The van der Waals surface area contributed by atoms with E-state index in [-0.39, 0.29) is 0 Å². The Bertz CT molecular complexity index is 253. The summed E-state index contributed by atoms with van der Waals surface area (Å²) < 4.78 is 1.27. The van der Waals surface area contributed by atoms with Gasteiger partial charge in [-0.15, -0.1) is 23.1 Å². The predicted octanol–water partition coefficient (Wildman–Crippen LogP) is 3.36. The second kappa shape index (κ2) is 3.93. The third-order valence-electron chi connectivity index (χ3n) is 1.43. The van der Waals surface area contributed by atoms with Gasteiger partial charge in [0, 0.05) is 4.88 Å². The molecule has 11 heavy (non-hydrogen) atoms. The summed E-state index contributed by atoms with van der Waals surface area (Å²) in [4.78, 5) is 5.34. The average Bonchev–Trinajstić information content (AvgIpc) is 2.46. The van der Waals surface area contributed by atoms with Gasteiger partial charge in [0.05, 0.1) is 9.90 Å². The lowest BCUT2D eigenvalue weighted by Crippen LogP contribution is -1.64. The number of rotatable bonds is 3. The number of thioether (sulfide) groups is 1. The van der Waals surface area contributed by atoms with Crippen LogP contribution in [0, 0.1) is 0 Å². The second-order valence-corrected chi connectivity index (χ2v) is 4.31. The summed E-state index contributed by atoms with van der Waals surface area (Å²) in [6, 6.07) is 2.11. The molecule has 0 aliphatic carbocycles. The molecule has 60 valence electrons. The zero-order chi connectivity index (χ0) is 8.27. The summed E-state index contributed by atoms with van der Waals surface area (Å²) in [5.41, 5.74) is 1.04. The van der Waals surface area contributed by atoms with Crippen molar-refractivity contribution in [3.63, 3.8) is 0 Å². The minimum atomic E-state index is 1.04. The highest BCUT2D eigenvalue weighted by molar-refractivity contribution is 8.00. The summed E-state index contributed by atoms with van der Waals surface area (Å²) in [7, 11) is 0. The van der Waals surface area contributed by atoms with Crippen LogP contribution in [0.5, 0.6) is 0 Å². The van der Waals surface area contributed by atoms with E-state index < -0.39 is 0 Å². The van der Waals surface area contributed by atoms with Gasteiger partial charge in [-0.25, -0.2) is 0 Å². The molecule has 0 aliphatic rings. The van der Waals surface area contributed by atoms with Gasteiger partial charge in [-0.05, 0) is 25.5 Å². The average molecular weight is 185 g/mol. The Morgan fingerprint density at radius 2 is 2.45 bits per heavy atom. The zero-order valence-corrected chi connectivity index (χ0v) is 8.39. The van der Waals surface area contributed by atoms with E-state index in [4.69, 9.17) is 0 Å². The van der Waals surface area contributed by atoms with Crippen LogP contribution in [0.3, 0.4) is 0 Å². The molecular weight excluding hydrogens is 174 g/mol. The minimum Gasteiger partial charge on any atom is -0.263 e. The Morgan fingerprint density at radius 1 is 1.73 bits per heavy atom. The molecule has 0 bridgehead atoms. The predicted molar refractivity (Wildman–Crippen MR) is 54.7 cm³/mol. The zero-order valence-electron chi connectivity index (χ0n) is 6.76. The highest BCUT2D eigenvalue weighted by Crippen LogP contribution is 2.36. The summed E-state index contributed by atoms with van der Waals surface area (Å²) >= 11 is 3.55. The maximum Gasteiger partial charge on any atom is 0.0869 e. The molecule has 0 aromatic carbocycles. The molecule has 0 fully saturated rings. The molecular formula is C8H11NS2. The molecule has 0 atom stereocenters. The monoisotopic (exact) mass is 185 g/mol. The van der Waals surface area contributed by atoms with Crippen molar-refractivity contribution in [1.82, 2.24) is 0 Å². The molecule has 0 amide bonds. The highest BCUT2D eigenvalue weighted by atomic mass is 32.2. The molecule has 3 heteroatoms. The summed E-state index contributed by atoms with van der Waals surface area (Å²) in [6.45, 7) is 5.69. The lowest BCUT2D eigenvalue weighted by Gasteiger charge is -1.88. The van der Waals surface area contributed by atoms with Crippen LogP contribution < -0.4 is 0 Å². The Morgan fingerprint density at radius 3 is 2.82 bits per heavy atom. The Hall–Kier alpha value is -0.280. The fourth-order valence-corrected chi connectivity index (χ4v) is 2.61. The maximum absolute atomic E-state index is 3.95.